The fourth-order valence-corrected chi connectivity index (χ4v) is 1.77. The van der Waals surface area contributed by atoms with Gasteiger partial charge in [0.05, 0.1) is 26.0 Å². The molecule has 0 amide bonds. The van der Waals surface area contributed by atoms with Crippen molar-refractivity contribution in [2.75, 3.05) is 14.2 Å². The molecule has 5 nitrogen and oxygen atoms in total. The number of hydrogen-bond acceptors (Lipinski definition) is 4. The molecule has 5 heteroatoms. The first-order valence-corrected chi connectivity index (χ1v) is 6.07. The first-order valence-electron chi connectivity index (χ1n) is 6.07. The summed E-state index contributed by atoms with van der Waals surface area (Å²) in [5, 5.41) is 3.97. The minimum absolute atomic E-state index is 0.0899. The normalized spacial score (nSPS) is 10.8. The third-order valence-corrected chi connectivity index (χ3v) is 2.82. The van der Waals surface area contributed by atoms with Crippen LogP contribution in [-0.2, 0) is 7.05 Å². The van der Waals surface area contributed by atoms with E-state index in [1.165, 1.54) is 6.08 Å². The predicted molar refractivity (Wildman–Crippen MR) is 76.1 cm³/mol. The summed E-state index contributed by atoms with van der Waals surface area (Å²) < 4.78 is 12.0. The molecule has 0 atom stereocenters. The quantitative estimate of drug-likeness (QED) is 0.619. The summed E-state index contributed by atoms with van der Waals surface area (Å²) in [7, 11) is 4.93. The summed E-state index contributed by atoms with van der Waals surface area (Å²) >= 11 is 0. The average Bonchev–Trinajstić information content (AvgIpc) is 2.91. The van der Waals surface area contributed by atoms with Crippen LogP contribution >= 0.6 is 0 Å². The fraction of sp³-hybridized carbons (Fsp3) is 0.200. The van der Waals surface area contributed by atoms with Gasteiger partial charge >= 0.3 is 0 Å². The number of carbonyl (C=O) groups excluding carboxylic acids is 1. The van der Waals surface area contributed by atoms with E-state index in [1.807, 2.05) is 12.1 Å². The van der Waals surface area contributed by atoms with E-state index in [9.17, 15) is 4.79 Å². The Labute approximate surface area is 117 Å². The van der Waals surface area contributed by atoms with E-state index >= 15 is 0 Å². The monoisotopic (exact) mass is 272 g/mol. The fourth-order valence-electron chi connectivity index (χ4n) is 1.77. The third kappa shape index (κ3) is 3.06. The highest BCUT2D eigenvalue weighted by Crippen LogP contribution is 2.27. The highest BCUT2D eigenvalue weighted by molar-refractivity contribution is 6.06. The summed E-state index contributed by atoms with van der Waals surface area (Å²) in [6.45, 7) is 0. The number of ketones is 1. The molecule has 1 heterocycles. The molecule has 20 heavy (non-hydrogen) atoms. The van der Waals surface area contributed by atoms with Crippen LogP contribution in [0.1, 0.15) is 15.9 Å². The minimum atomic E-state index is -0.0899. The van der Waals surface area contributed by atoms with Crippen molar-refractivity contribution in [2.45, 2.75) is 0 Å². The molecule has 2 aromatic rings. The van der Waals surface area contributed by atoms with E-state index in [-0.39, 0.29) is 5.78 Å². The minimum Gasteiger partial charge on any atom is -0.493 e. The molecular weight excluding hydrogens is 256 g/mol. The molecule has 0 bridgehead atoms. The van der Waals surface area contributed by atoms with Crippen LogP contribution < -0.4 is 9.47 Å². The highest BCUT2D eigenvalue weighted by atomic mass is 16.5. The van der Waals surface area contributed by atoms with Crippen LogP contribution in [0.2, 0.25) is 0 Å². The number of allylic oxidation sites excluding steroid dienone is 1. The van der Waals surface area contributed by atoms with Crippen LogP contribution in [0.3, 0.4) is 0 Å². The Morgan fingerprint density at radius 2 is 2.00 bits per heavy atom. The van der Waals surface area contributed by atoms with Crippen LogP contribution in [0.5, 0.6) is 11.5 Å². The molecule has 1 aromatic heterocycles. The summed E-state index contributed by atoms with van der Waals surface area (Å²) in [6, 6.07) is 5.47. The highest BCUT2D eigenvalue weighted by Gasteiger charge is 2.05. The van der Waals surface area contributed by atoms with Gasteiger partial charge < -0.3 is 9.47 Å². The Kier molecular flexibility index (Phi) is 4.20. The van der Waals surface area contributed by atoms with Crippen molar-refractivity contribution < 1.29 is 14.3 Å². The Morgan fingerprint density at radius 3 is 2.60 bits per heavy atom. The first kappa shape index (κ1) is 13.9. The van der Waals surface area contributed by atoms with E-state index in [0.29, 0.717) is 17.1 Å². The van der Waals surface area contributed by atoms with Gasteiger partial charge in [0.2, 0.25) is 0 Å². The second-order valence-electron chi connectivity index (χ2n) is 4.21. The zero-order valence-corrected chi connectivity index (χ0v) is 11.7. The van der Waals surface area contributed by atoms with Crippen LogP contribution in [0.4, 0.5) is 0 Å². The van der Waals surface area contributed by atoms with E-state index in [4.69, 9.17) is 9.47 Å². The molecule has 1 aromatic carbocycles. The predicted octanol–water partition coefficient (Wildman–Crippen LogP) is 2.33. The average molecular weight is 272 g/mol. The van der Waals surface area contributed by atoms with Gasteiger partial charge in [-0.25, -0.2) is 0 Å². The lowest BCUT2D eigenvalue weighted by Gasteiger charge is -2.07. The molecule has 0 radical (unpaired) electrons. The number of hydrogen-bond donors (Lipinski definition) is 0. The Morgan fingerprint density at radius 1 is 1.25 bits per heavy atom. The van der Waals surface area contributed by atoms with Crippen molar-refractivity contribution >= 4 is 11.9 Å². The molecule has 0 spiro atoms. The van der Waals surface area contributed by atoms with Gasteiger partial charge in [-0.2, -0.15) is 5.10 Å². The summed E-state index contributed by atoms with van der Waals surface area (Å²) in [5.41, 5.74) is 1.42. The lowest BCUT2D eigenvalue weighted by Crippen LogP contribution is -1.93. The van der Waals surface area contributed by atoms with E-state index in [2.05, 4.69) is 5.10 Å². The second-order valence-corrected chi connectivity index (χ2v) is 4.21. The lowest BCUT2D eigenvalue weighted by molar-refractivity contribution is 0.104. The van der Waals surface area contributed by atoms with E-state index in [1.54, 1.807) is 50.5 Å². The van der Waals surface area contributed by atoms with Gasteiger partial charge in [-0.15, -0.1) is 0 Å². The zero-order valence-electron chi connectivity index (χ0n) is 11.7. The molecule has 0 aliphatic heterocycles. The number of benzene rings is 1. The van der Waals surface area contributed by atoms with Crippen LogP contribution in [0.25, 0.3) is 6.08 Å². The van der Waals surface area contributed by atoms with E-state index in [0.717, 1.165) is 5.56 Å². The molecule has 0 N–H and O–H groups in total. The van der Waals surface area contributed by atoms with Crippen molar-refractivity contribution in [1.82, 2.24) is 9.78 Å². The van der Waals surface area contributed by atoms with Crippen molar-refractivity contribution in [2.24, 2.45) is 7.05 Å². The van der Waals surface area contributed by atoms with Crippen LogP contribution in [-0.4, -0.2) is 29.8 Å². The molecule has 0 fully saturated rings. The smallest absolute Gasteiger partial charge is 0.189 e. The Hall–Kier alpha value is -2.56. The Balaban J connectivity index is 2.17. The number of carbonyl (C=O) groups is 1. The number of aromatic nitrogens is 2. The standard InChI is InChI=1S/C15H16N2O3/c1-17-10-12(9-16-17)13(18)6-4-11-5-7-14(19-2)15(8-11)20-3/h4-10H,1-3H3. The number of ether oxygens (including phenoxy) is 2. The zero-order chi connectivity index (χ0) is 14.5. The largest absolute Gasteiger partial charge is 0.493 e. The van der Waals surface area contributed by atoms with E-state index < -0.39 is 0 Å². The maximum Gasteiger partial charge on any atom is 0.189 e. The topological polar surface area (TPSA) is 53.3 Å². The lowest BCUT2D eigenvalue weighted by atomic mass is 10.1. The van der Waals surface area contributed by atoms with Gasteiger partial charge in [-0.3, -0.25) is 9.48 Å². The maximum absolute atomic E-state index is 11.9. The van der Waals surface area contributed by atoms with Crippen molar-refractivity contribution in [3.8, 4) is 11.5 Å². The van der Waals surface area contributed by atoms with Gasteiger partial charge in [0.15, 0.2) is 17.3 Å². The molecular formula is C15H16N2O3. The number of aryl methyl sites for hydroxylation is 1. The first-order chi connectivity index (χ1) is 9.63. The molecule has 0 saturated heterocycles. The van der Waals surface area contributed by atoms with Gasteiger partial charge in [0.1, 0.15) is 0 Å². The molecule has 2 rings (SSSR count). The van der Waals surface area contributed by atoms with Gasteiger partial charge in [-0.1, -0.05) is 12.1 Å². The number of nitrogens with zero attached hydrogens (tertiary/aromatic N) is 2. The van der Waals surface area contributed by atoms with Crippen molar-refractivity contribution in [3.05, 3.63) is 47.8 Å². The number of methoxy groups -OCH3 is 2. The molecule has 0 aliphatic rings. The SMILES string of the molecule is COc1ccc(C=CC(=O)c2cnn(C)c2)cc1OC. The van der Waals surface area contributed by atoms with Gasteiger partial charge in [-0.05, 0) is 23.8 Å². The maximum atomic E-state index is 11.9. The van der Waals surface area contributed by atoms with Crippen LogP contribution in [0.15, 0.2) is 36.7 Å². The van der Waals surface area contributed by atoms with Crippen molar-refractivity contribution in [3.63, 3.8) is 0 Å². The summed E-state index contributed by atoms with van der Waals surface area (Å²) in [6.07, 6.45) is 6.47. The third-order valence-electron chi connectivity index (χ3n) is 2.82. The summed E-state index contributed by atoms with van der Waals surface area (Å²) in [4.78, 5) is 11.9. The van der Waals surface area contributed by atoms with Crippen LogP contribution in [0, 0.1) is 0 Å². The molecule has 0 unspecified atom stereocenters. The van der Waals surface area contributed by atoms with Gasteiger partial charge in [0.25, 0.3) is 0 Å². The molecule has 0 saturated carbocycles. The summed E-state index contributed by atoms with van der Waals surface area (Å²) in [5.74, 6) is 1.19. The molecule has 0 aliphatic carbocycles. The number of rotatable bonds is 5. The van der Waals surface area contributed by atoms with Gasteiger partial charge in [0, 0.05) is 13.2 Å². The second kappa shape index (κ2) is 6.06. The van der Waals surface area contributed by atoms with Crippen molar-refractivity contribution in [1.29, 1.82) is 0 Å². The Bertz CT molecular complexity index is 644. The molecule has 104 valence electrons.